The van der Waals surface area contributed by atoms with Crippen molar-refractivity contribution in [3.63, 3.8) is 0 Å². The first-order chi connectivity index (χ1) is 14.8. The van der Waals surface area contributed by atoms with E-state index in [1.807, 2.05) is 39.8 Å². The summed E-state index contributed by atoms with van der Waals surface area (Å²) in [6.45, 7) is 9.35. The Hall–Kier alpha value is -1.88. The van der Waals surface area contributed by atoms with Crippen molar-refractivity contribution >= 4 is 39.9 Å². The van der Waals surface area contributed by atoms with Crippen LogP contribution in [0, 0.1) is 0 Å². The summed E-state index contributed by atoms with van der Waals surface area (Å²) in [6, 6.07) is 3.73. The molecule has 0 radical (unpaired) electrons. The van der Waals surface area contributed by atoms with Crippen molar-refractivity contribution in [1.29, 1.82) is 0 Å². The Kier molecular flexibility index (Phi) is 8.92. The second-order valence-electron chi connectivity index (χ2n) is 8.24. The topological polar surface area (TPSA) is 110 Å². The third-order valence-corrected chi connectivity index (χ3v) is 7.36. The van der Waals surface area contributed by atoms with Crippen LogP contribution in [0.15, 0.2) is 17.0 Å². The lowest BCUT2D eigenvalue weighted by Gasteiger charge is -2.34. The highest BCUT2D eigenvalue weighted by atomic mass is 32.2. The standard InChI is InChI=1S/C22H31NO7S2/c1-13(2)17-9-16(10-18(14(3)4)21(17)30-15(5)24)11-19-22(32(26,27)28)23(7-8-31-19)12-20(25)29-6/h9-11,13-14,22H,7-8,12H2,1-6H3,(H,26,27,28). The number of carbonyl (C=O) groups excluding carboxylic acids is 2. The van der Waals surface area contributed by atoms with Gasteiger partial charge < -0.3 is 9.47 Å². The van der Waals surface area contributed by atoms with Gasteiger partial charge in [0.25, 0.3) is 10.1 Å². The minimum Gasteiger partial charge on any atom is -0.468 e. The van der Waals surface area contributed by atoms with Crippen LogP contribution < -0.4 is 4.74 Å². The number of hydrogen-bond acceptors (Lipinski definition) is 8. The van der Waals surface area contributed by atoms with E-state index in [0.29, 0.717) is 23.0 Å². The Morgan fingerprint density at radius 2 is 1.78 bits per heavy atom. The average Bonchev–Trinajstić information content (AvgIpc) is 2.67. The maximum Gasteiger partial charge on any atom is 0.319 e. The van der Waals surface area contributed by atoms with Gasteiger partial charge in [-0.2, -0.15) is 8.42 Å². The van der Waals surface area contributed by atoms with E-state index in [2.05, 4.69) is 4.74 Å². The summed E-state index contributed by atoms with van der Waals surface area (Å²) in [6.07, 6.45) is 1.71. The van der Waals surface area contributed by atoms with Crippen LogP contribution in [0.1, 0.15) is 63.1 Å². The predicted octanol–water partition coefficient (Wildman–Crippen LogP) is 3.64. The molecule has 2 rings (SSSR count). The quantitative estimate of drug-likeness (QED) is 0.351. The van der Waals surface area contributed by atoms with Gasteiger partial charge in [0.15, 0.2) is 5.37 Å². The summed E-state index contributed by atoms with van der Waals surface area (Å²) in [4.78, 5) is 25.3. The highest BCUT2D eigenvalue weighted by Gasteiger charge is 2.38. The number of rotatable bonds is 7. The third kappa shape index (κ3) is 6.57. The van der Waals surface area contributed by atoms with Crippen molar-refractivity contribution in [3.05, 3.63) is 33.7 Å². The monoisotopic (exact) mass is 485 g/mol. The maximum absolute atomic E-state index is 12.2. The summed E-state index contributed by atoms with van der Waals surface area (Å²) >= 11 is 1.32. The molecule has 8 nitrogen and oxygen atoms in total. The van der Waals surface area contributed by atoms with Gasteiger partial charge in [0.2, 0.25) is 0 Å². The van der Waals surface area contributed by atoms with Crippen molar-refractivity contribution in [2.45, 2.75) is 51.8 Å². The van der Waals surface area contributed by atoms with Crippen LogP contribution in [0.25, 0.3) is 6.08 Å². The zero-order valence-corrected chi connectivity index (χ0v) is 20.9. The molecule has 1 N–H and O–H groups in total. The number of hydrogen-bond donors (Lipinski definition) is 1. The summed E-state index contributed by atoms with van der Waals surface area (Å²) in [7, 11) is -3.29. The molecule has 1 fully saturated rings. The van der Waals surface area contributed by atoms with Crippen LogP contribution in [0.5, 0.6) is 5.75 Å². The number of esters is 2. The Bertz CT molecular complexity index is 971. The Morgan fingerprint density at radius 3 is 2.22 bits per heavy atom. The van der Waals surface area contributed by atoms with Crippen molar-refractivity contribution in [2.75, 3.05) is 26.0 Å². The summed E-state index contributed by atoms with van der Waals surface area (Å²) in [5.41, 5.74) is 2.38. The molecule has 32 heavy (non-hydrogen) atoms. The van der Waals surface area contributed by atoms with Crippen LogP contribution in [0.2, 0.25) is 0 Å². The van der Waals surface area contributed by atoms with E-state index in [1.165, 1.54) is 30.7 Å². The van der Waals surface area contributed by atoms with E-state index in [-0.39, 0.29) is 18.4 Å². The van der Waals surface area contributed by atoms with Crippen LogP contribution in [-0.4, -0.2) is 61.1 Å². The van der Waals surface area contributed by atoms with Crippen molar-refractivity contribution in [3.8, 4) is 5.75 Å². The zero-order chi connectivity index (χ0) is 24.2. The first-order valence-electron chi connectivity index (χ1n) is 10.3. The molecule has 1 aliphatic heterocycles. The van der Waals surface area contributed by atoms with Crippen LogP contribution in [-0.2, 0) is 24.4 Å². The van der Waals surface area contributed by atoms with Crippen molar-refractivity contribution in [1.82, 2.24) is 4.90 Å². The molecule has 0 spiro atoms. The molecule has 1 aromatic rings. The number of carbonyl (C=O) groups is 2. The fourth-order valence-electron chi connectivity index (χ4n) is 3.56. The number of nitrogens with zero attached hydrogens (tertiary/aromatic N) is 1. The smallest absolute Gasteiger partial charge is 0.319 e. The summed E-state index contributed by atoms with van der Waals surface area (Å²) in [5.74, 6) is 0.181. The van der Waals surface area contributed by atoms with Crippen LogP contribution in [0.4, 0.5) is 0 Å². The molecule has 178 valence electrons. The molecule has 1 aromatic carbocycles. The third-order valence-electron chi connectivity index (χ3n) is 5.03. The molecule has 0 aliphatic carbocycles. The second kappa shape index (κ2) is 10.8. The number of methoxy groups -OCH3 is 1. The van der Waals surface area contributed by atoms with E-state index in [0.717, 1.165) is 16.7 Å². The maximum atomic E-state index is 12.2. The van der Waals surface area contributed by atoms with Gasteiger partial charge in [-0.25, -0.2) is 0 Å². The van der Waals surface area contributed by atoms with Crippen LogP contribution in [0.3, 0.4) is 0 Å². The van der Waals surface area contributed by atoms with Gasteiger partial charge in [-0.15, -0.1) is 11.8 Å². The lowest BCUT2D eigenvalue weighted by atomic mass is 9.91. The van der Waals surface area contributed by atoms with Gasteiger partial charge in [-0.1, -0.05) is 27.7 Å². The molecule has 1 saturated heterocycles. The lowest BCUT2D eigenvalue weighted by molar-refractivity contribution is -0.142. The number of ether oxygens (including phenoxy) is 2. The molecule has 10 heteroatoms. The molecular formula is C22H31NO7S2. The highest BCUT2D eigenvalue weighted by Crippen LogP contribution is 2.39. The first-order valence-corrected chi connectivity index (χ1v) is 12.8. The first kappa shape index (κ1) is 26.4. The fourth-order valence-corrected chi connectivity index (χ4v) is 6.11. The van der Waals surface area contributed by atoms with Gasteiger partial charge in [0, 0.05) is 24.1 Å². The molecule has 1 atom stereocenters. The van der Waals surface area contributed by atoms with E-state index < -0.39 is 27.4 Å². The van der Waals surface area contributed by atoms with Gasteiger partial charge in [0.05, 0.1) is 13.7 Å². The van der Waals surface area contributed by atoms with E-state index in [4.69, 9.17) is 4.74 Å². The molecule has 1 aliphatic rings. The minimum atomic E-state index is -4.52. The Morgan fingerprint density at radius 1 is 1.22 bits per heavy atom. The minimum absolute atomic E-state index is 0.0485. The Balaban J connectivity index is 2.63. The highest BCUT2D eigenvalue weighted by molar-refractivity contribution is 8.04. The van der Waals surface area contributed by atoms with E-state index >= 15 is 0 Å². The van der Waals surface area contributed by atoms with Crippen molar-refractivity contribution in [2.24, 2.45) is 0 Å². The largest absolute Gasteiger partial charge is 0.468 e. The summed E-state index contributed by atoms with van der Waals surface area (Å²) < 4.78 is 44.6. The number of thioether (sulfide) groups is 1. The Labute approximate surface area is 194 Å². The van der Waals surface area contributed by atoms with E-state index in [9.17, 15) is 22.6 Å². The van der Waals surface area contributed by atoms with E-state index in [1.54, 1.807) is 6.08 Å². The van der Waals surface area contributed by atoms with Gasteiger partial charge in [0.1, 0.15) is 5.75 Å². The second-order valence-corrected chi connectivity index (χ2v) is 10.9. The number of benzene rings is 1. The molecule has 0 aromatic heterocycles. The van der Waals surface area contributed by atoms with Gasteiger partial charge in [-0.3, -0.25) is 19.0 Å². The molecule has 0 amide bonds. The normalized spacial score (nSPS) is 18.9. The van der Waals surface area contributed by atoms with Gasteiger partial charge >= 0.3 is 11.9 Å². The predicted molar refractivity (Wildman–Crippen MR) is 125 cm³/mol. The SMILES string of the molecule is COC(=O)CN1CCSC(=Cc2cc(C(C)C)c(OC(C)=O)c(C(C)C)c2)C1S(=O)(=O)O. The molecule has 0 bridgehead atoms. The van der Waals surface area contributed by atoms with Crippen LogP contribution >= 0.6 is 11.8 Å². The molecule has 1 heterocycles. The van der Waals surface area contributed by atoms with Crippen molar-refractivity contribution < 1.29 is 32.0 Å². The fraction of sp³-hybridized carbons (Fsp3) is 0.545. The summed E-state index contributed by atoms with van der Waals surface area (Å²) in [5, 5.41) is -1.36. The molecular weight excluding hydrogens is 454 g/mol. The molecule has 1 unspecified atom stereocenters. The average molecular weight is 486 g/mol. The lowest BCUT2D eigenvalue weighted by Crippen LogP contribution is -2.48. The zero-order valence-electron chi connectivity index (χ0n) is 19.2. The molecule has 0 saturated carbocycles. The van der Waals surface area contributed by atoms with Gasteiger partial charge in [-0.05, 0) is 46.7 Å².